The largest absolute Gasteiger partial charge is 0.493 e. The second-order valence-corrected chi connectivity index (χ2v) is 6.42. The molecule has 0 bridgehead atoms. The zero-order valence-corrected chi connectivity index (χ0v) is 13.2. The van der Waals surface area contributed by atoms with Crippen molar-refractivity contribution in [3.05, 3.63) is 23.8 Å². The molecular weight excluding hydrogens is 250 g/mol. The quantitative estimate of drug-likeness (QED) is 0.823. The second kappa shape index (κ2) is 6.49. The average Bonchev–Trinajstić information content (AvgIpc) is 2.37. The highest BCUT2D eigenvalue weighted by Gasteiger charge is 2.30. The number of rotatable bonds is 7. The topological polar surface area (TPSA) is 30.5 Å². The zero-order valence-electron chi connectivity index (χ0n) is 13.2. The van der Waals surface area contributed by atoms with Gasteiger partial charge in [0, 0.05) is 13.1 Å². The molecule has 0 heterocycles. The van der Waals surface area contributed by atoms with Gasteiger partial charge in [0.2, 0.25) is 0 Å². The average molecular weight is 277 g/mol. The molecule has 1 aliphatic carbocycles. The number of hydrogen-bond acceptors (Lipinski definition) is 3. The van der Waals surface area contributed by atoms with Crippen LogP contribution in [0.4, 0.5) is 0 Å². The number of benzene rings is 1. The molecule has 0 aliphatic heterocycles. The number of ether oxygens (including phenoxy) is 2. The van der Waals surface area contributed by atoms with E-state index in [0.717, 1.165) is 24.6 Å². The lowest BCUT2D eigenvalue weighted by atomic mass is 9.70. The first-order valence-corrected chi connectivity index (χ1v) is 7.57. The molecule has 2 rings (SSSR count). The molecule has 20 heavy (non-hydrogen) atoms. The summed E-state index contributed by atoms with van der Waals surface area (Å²) >= 11 is 0. The Kier molecular flexibility index (Phi) is 4.92. The van der Waals surface area contributed by atoms with Crippen LogP contribution in [0.2, 0.25) is 0 Å². The van der Waals surface area contributed by atoms with Crippen molar-refractivity contribution in [2.45, 2.75) is 52.7 Å². The second-order valence-electron chi connectivity index (χ2n) is 6.42. The van der Waals surface area contributed by atoms with Gasteiger partial charge in [0.25, 0.3) is 0 Å². The summed E-state index contributed by atoms with van der Waals surface area (Å²) < 4.78 is 11.1. The predicted molar refractivity (Wildman–Crippen MR) is 82.4 cm³/mol. The third-order valence-corrected chi connectivity index (χ3v) is 4.03. The van der Waals surface area contributed by atoms with Crippen molar-refractivity contribution in [3.8, 4) is 11.5 Å². The van der Waals surface area contributed by atoms with E-state index in [1.165, 1.54) is 24.8 Å². The Morgan fingerprint density at radius 3 is 2.55 bits per heavy atom. The first-order chi connectivity index (χ1) is 9.52. The molecular formula is C17H27NO2. The van der Waals surface area contributed by atoms with E-state index in [-0.39, 0.29) is 6.10 Å². The minimum atomic E-state index is 0.159. The zero-order chi connectivity index (χ0) is 14.6. The van der Waals surface area contributed by atoms with E-state index < -0.39 is 0 Å². The lowest BCUT2D eigenvalue weighted by Crippen LogP contribution is -2.36. The van der Waals surface area contributed by atoms with Gasteiger partial charge >= 0.3 is 0 Å². The smallest absolute Gasteiger partial charge is 0.161 e. The summed E-state index contributed by atoms with van der Waals surface area (Å²) in [6, 6.07) is 6.17. The molecule has 0 radical (unpaired) electrons. The van der Waals surface area contributed by atoms with E-state index in [0.29, 0.717) is 5.41 Å². The first-order valence-electron chi connectivity index (χ1n) is 7.57. The van der Waals surface area contributed by atoms with Crippen molar-refractivity contribution in [1.29, 1.82) is 0 Å². The van der Waals surface area contributed by atoms with Gasteiger partial charge in [-0.1, -0.05) is 19.4 Å². The highest BCUT2D eigenvalue weighted by atomic mass is 16.5. The van der Waals surface area contributed by atoms with Crippen LogP contribution in [0.5, 0.6) is 11.5 Å². The Morgan fingerprint density at radius 1 is 1.25 bits per heavy atom. The molecule has 0 saturated heterocycles. The molecule has 0 atom stereocenters. The van der Waals surface area contributed by atoms with Gasteiger partial charge in [-0.2, -0.15) is 0 Å². The van der Waals surface area contributed by atoms with Crippen LogP contribution in [0.1, 0.15) is 45.6 Å². The van der Waals surface area contributed by atoms with E-state index in [1.807, 2.05) is 19.9 Å². The van der Waals surface area contributed by atoms with Gasteiger partial charge < -0.3 is 14.8 Å². The van der Waals surface area contributed by atoms with Crippen LogP contribution in [0.25, 0.3) is 0 Å². The van der Waals surface area contributed by atoms with E-state index in [2.05, 4.69) is 24.4 Å². The van der Waals surface area contributed by atoms with Gasteiger partial charge in [-0.3, -0.25) is 0 Å². The van der Waals surface area contributed by atoms with Crippen molar-refractivity contribution in [2.24, 2.45) is 5.41 Å². The molecule has 3 nitrogen and oxygen atoms in total. The fraction of sp³-hybridized carbons (Fsp3) is 0.647. The maximum absolute atomic E-state index is 5.73. The molecule has 1 fully saturated rings. The Balaban J connectivity index is 1.91. The van der Waals surface area contributed by atoms with Gasteiger partial charge in [0.1, 0.15) is 0 Å². The normalized spacial score (nSPS) is 16.9. The van der Waals surface area contributed by atoms with Crippen LogP contribution in [-0.2, 0) is 6.54 Å². The van der Waals surface area contributed by atoms with Crippen LogP contribution in [0, 0.1) is 5.41 Å². The third-order valence-electron chi connectivity index (χ3n) is 4.03. The Hall–Kier alpha value is -1.22. The molecule has 0 spiro atoms. The highest BCUT2D eigenvalue weighted by molar-refractivity contribution is 5.43. The van der Waals surface area contributed by atoms with Crippen LogP contribution in [-0.4, -0.2) is 19.8 Å². The van der Waals surface area contributed by atoms with Gasteiger partial charge in [-0.15, -0.1) is 0 Å². The molecule has 0 amide bonds. The van der Waals surface area contributed by atoms with E-state index in [9.17, 15) is 0 Å². The summed E-state index contributed by atoms with van der Waals surface area (Å²) in [5.74, 6) is 1.63. The van der Waals surface area contributed by atoms with Crippen LogP contribution >= 0.6 is 0 Å². The molecule has 1 aromatic carbocycles. The minimum Gasteiger partial charge on any atom is -0.493 e. The SMILES string of the molecule is COc1cc(CNCC2(C)CCC2)ccc1OC(C)C. The summed E-state index contributed by atoms with van der Waals surface area (Å²) in [7, 11) is 1.69. The minimum absolute atomic E-state index is 0.159. The summed E-state index contributed by atoms with van der Waals surface area (Å²) in [4.78, 5) is 0. The Morgan fingerprint density at radius 2 is 2.00 bits per heavy atom. The van der Waals surface area contributed by atoms with Crippen LogP contribution in [0.15, 0.2) is 18.2 Å². The van der Waals surface area contributed by atoms with Gasteiger partial charge in [-0.05, 0) is 49.8 Å². The molecule has 1 saturated carbocycles. The molecule has 1 aromatic rings. The summed E-state index contributed by atoms with van der Waals surface area (Å²) in [6.45, 7) is 8.39. The molecule has 0 unspecified atom stereocenters. The van der Waals surface area contributed by atoms with Crippen molar-refractivity contribution < 1.29 is 9.47 Å². The predicted octanol–water partition coefficient (Wildman–Crippen LogP) is 3.76. The van der Waals surface area contributed by atoms with Crippen molar-refractivity contribution in [2.75, 3.05) is 13.7 Å². The van der Waals surface area contributed by atoms with Crippen molar-refractivity contribution in [1.82, 2.24) is 5.32 Å². The van der Waals surface area contributed by atoms with Gasteiger partial charge in [0.05, 0.1) is 13.2 Å². The summed E-state index contributed by atoms with van der Waals surface area (Å²) in [5.41, 5.74) is 1.76. The maximum atomic E-state index is 5.73. The van der Waals surface area contributed by atoms with E-state index in [4.69, 9.17) is 9.47 Å². The summed E-state index contributed by atoms with van der Waals surface area (Å²) in [6.07, 6.45) is 4.24. The molecule has 1 N–H and O–H groups in total. The Labute approximate surface area is 122 Å². The van der Waals surface area contributed by atoms with Gasteiger partial charge in [0.15, 0.2) is 11.5 Å². The van der Waals surface area contributed by atoms with Crippen LogP contribution in [0.3, 0.4) is 0 Å². The first kappa shape index (κ1) is 15.2. The van der Waals surface area contributed by atoms with Crippen LogP contribution < -0.4 is 14.8 Å². The van der Waals surface area contributed by atoms with E-state index >= 15 is 0 Å². The van der Waals surface area contributed by atoms with Crippen molar-refractivity contribution >= 4 is 0 Å². The number of methoxy groups -OCH3 is 1. The standard InChI is InChI=1S/C17H27NO2/c1-13(2)20-15-7-6-14(10-16(15)19-4)11-18-12-17(3)8-5-9-17/h6-7,10,13,18H,5,8-9,11-12H2,1-4H3. The number of hydrogen-bond donors (Lipinski definition) is 1. The molecule has 112 valence electrons. The number of nitrogens with one attached hydrogen (secondary N) is 1. The lowest BCUT2D eigenvalue weighted by Gasteiger charge is -2.38. The monoisotopic (exact) mass is 277 g/mol. The fourth-order valence-electron chi connectivity index (χ4n) is 2.64. The maximum Gasteiger partial charge on any atom is 0.161 e. The molecule has 3 heteroatoms. The lowest BCUT2D eigenvalue weighted by molar-refractivity contribution is 0.156. The summed E-state index contributed by atoms with van der Waals surface area (Å²) in [5, 5.41) is 3.56. The van der Waals surface area contributed by atoms with Gasteiger partial charge in [-0.25, -0.2) is 0 Å². The molecule has 1 aliphatic rings. The third kappa shape index (κ3) is 3.89. The molecule has 0 aromatic heterocycles. The fourth-order valence-corrected chi connectivity index (χ4v) is 2.64. The van der Waals surface area contributed by atoms with Crippen molar-refractivity contribution in [3.63, 3.8) is 0 Å². The van der Waals surface area contributed by atoms with E-state index in [1.54, 1.807) is 7.11 Å². The Bertz CT molecular complexity index is 439. The highest BCUT2D eigenvalue weighted by Crippen LogP contribution is 2.39.